The van der Waals surface area contributed by atoms with Crippen LogP contribution < -0.4 is 5.32 Å². The highest BCUT2D eigenvalue weighted by atomic mass is 35.5. The van der Waals surface area contributed by atoms with Crippen LogP contribution >= 0.6 is 11.6 Å². The third-order valence-electron chi connectivity index (χ3n) is 2.83. The van der Waals surface area contributed by atoms with E-state index >= 15 is 0 Å². The van der Waals surface area contributed by atoms with Crippen LogP contribution in [0, 0.1) is 11.3 Å². The molecule has 3 nitrogen and oxygen atoms in total. The van der Waals surface area contributed by atoms with Crippen LogP contribution in [0.25, 0.3) is 0 Å². The van der Waals surface area contributed by atoms with Crippen molar-refractivity contribution in [2.45, 2.75) is 20.0 Å². The molecule has 92 valence electrons. The molecule has 0 aliphatic rings. The first-order valence-corrected chi connectivity index (χ1v) is 6.20. The first kappa shape index (κ1) is 12.5. The molecule has 1 aromatic carbocycles. The largest absolute Gasteiger partial charge is 0.379 e. The topological polar surface area (TPSA) is 40.8 Å². The standard InChI is InChI=1S/C14H14ClN3/c1-2-18-7-3-4-13(18)10-17-12-6-5-11(9-16)14(15)8-12/h3-8,17H,2,10H2,1H3. The number of aryl methyl sites for hydroxylation is 1. The number of nitrogens with one attached hydrogen (secondary N) is 1. The number of hydrogen-bond acceptors (Lipinski definition) is 2. The van der Waals surface area contributed by atoms with E-state index < -0.39 is 0 Å². The van der Waals surface area contributed by atoms with Gasteiger partial charge in [-0.05, 0) is 37.3 Å². The van der Waals surface area contributed by atoms with Gasteiger partial charge in [0.25, 0.3) is 0 Å². The van der Waals surface area contributed by atoms with Gasteiger partial charge in [0.2, 0.25) is 0 Å². The molecule has 0 aliphatic heterocycles. The second-order valence-electron chi connectivity index (χ2n) is 3.95. The Hall–Kier alpha value is -1.92. The molecule has 1 aromatic heterocycles. The zero-order chi connectivity index (χ0) is 13.0. The van der Waals surface area contributed by atoms with Crippen molar-refractivity contribution in [1.29, 1.82) is 5.26 Å². The first-order valence-electron chi connectivity index (χ1n) is 5.82. The lowest BCUT2D eigenvalue weighted by molar-refractivity contribution is 0.724. The third-order valence-corrected chi connectivity index (χ3v) is 3.14. The Morgan fingerprint density at radius 1 is 1.39 bits per heavy atom. The quantitative estimate of drug-likeness (QED) is 0.911. The highest BCUT2D eigenvalue weighted by Crippen LogP contribution is 2.20. The van der Waals surface area contributed by atoms with E-state index in [0.717, 1.165) is 18.8 Å². The van der Waals surface area contributed by atoms with Gasteiger partial charge in [-0.2, -0.15) is 5.26 Å². The second-order valence-corrected chi connectivity index (χ2v) is 4.35. The first-order chi connectivity index (χ1) is 8.74. The predicted molar refractivity (Wildman–Crippen MR) is 73.6 cm³/mol. The summed E-state index contributed by atoms with van der Waals surface area (Å²) in [6, 6.07) is 11.5. The zero-order valence-electron chi connectivity index (χ0n) is 10.2. The van der Waals surface area contributed by atoms with Crippen molar-refractivity contribution < 1.29 is 0 Å². The highest BCUT2D eigenvalue weighted by Gasteiger charge is 2.02. The van der Waals surface area contributed by atoms with Gasteiger partial charge < -0.3 is 9.88 Å². The van der Waals surface area contributed by atoms with Gasteiger partial charge in [-0.1, -0.05) is 11.6 Å². The van der Waals surface area contributed by atoms with Crippen molar-refractivity contribution in [3.05, 3.63) is 52.8 Å². The van der Waals surface area contributed by atoms with E-state index in [1.165, 1.54) is 5.69 Å². The summed E-state index contributed by atoms with van der Waals surface area (Å²) in [4.78, 5) is 0. The summed E-state index contributed by atoms with van der Waals surface area (Å²) in [5.74, 6) is 0. The Morgan fingerprint density at radius 3 is 2.89 bits per heavy atom. The molecule has 0 unspecified atom stereocenters. The van der Waals surface area contributed by atoms with Crippen molar-refractivity contribution in [3.63, 3.8) is 0 Å². The molecule has 4 heteroatoms. The molecular weight excluding hydrogens is 246 g/mol. The van der Waals surface area contributed by atoms with Crippen molar-refractivity contribution in [3.8, 4) is 6.07 Å². The van der Waals surface area contributed by atoms with Gasteiger partial charge in [0, 0.05) is 24.1 Å². The van der Waals surface area contributed by atoms with E-state index in [4.69, 9.17) is 16.9 Å². The number of nitrogens with zero attached hydrogens (tertiary/aromatic N) is 2. The maximum Gasteiger partial charge on any atom is 0.101 e. The summed E-state index contributed by atoms with van der Waals surface area (Å²) in [7, 11) is 0. The van der Waals surface area contributed by atoms with Crippen LogP contribution in [0.4, 0.5) is 5.69 Å². The molecule has 0 bridgehead atoms. The predicted octanol–water partition coefficient (Wildman–Crippen LogP) is 3.65. The van der Waals surface area contributed by atoms with E-state index in [1.54, 1.807) is 12.1 Å². The van der Waals surface area contributed by atoms with E-state index in [1.807, 2.05) is 18.2 Å². The number of benzene rings is 1. The summed E-state index contributed by atoms with van der Waals surface area (Å²) in [5.41, 5.74) is 2.64. The summed E-state index contributed by atoms with van der Waals surface area (Å²) in [6.45, 7) is 3.81. The molecule has 2 rings (SSSR count). The van der Waals surface area contributed by atoms with Gasteiger partial charge in [-0.25, -0.2) is 0 Å². The number of aromatic nitrogens is 1. The SMILES string of the molecule is CCn1cccc1CNc1ccc(C#N)c(Cl)c1. The molecule has 0 saturated carbocycles. The Balaban J connectivity index is 2.07. The van der Waals surface area contributed by atoms with Gasteiger partial charge in [-0.15, -0.1) is 0 Å². The lowest BCUT2D eigenvalue weighted by atomic mass is 10.2. The summed E-state index contributed by atoms with van der Waals surface area (Å²) in [6.07, 6.45) is 2.06. The Bertz CT molecular complexity index is 581. The zero-order valence-corrected chi connectivity index (χ0v) is 10.9. The molecule has 1 N–H and O–H groups in total. The van der Waals surface area contributed by atoms with Crippen LogP contribution in [-0.4, -0.2) is 4.57 Å². The summed E-state index contributed by atoms with van der Waals surface area (Å²) >= 11 is 5.98. The lowest BCUT2D eigenvalue weighted by Crippen LogP contribution is -2.05. The number of hydrogen-bond donors (Lipinski definition) is 1. The fourth-order valence-corrected chi connectivity index (χ4v) is 2.05. The van der Waals surface area contributed by atoms with Crippen LogP contribution in [0.3, 0.4) is 0 Å². The molecule has 0 atom stereocenters. The maximum atomic E-state index is 8.80. The van der Waals surface area contributed by atoms with Crippen LogP contribution in [-0.2, 0) is 13.1 Å². The molecular formula is C14H14ClN3. The Labute approximate surface area is 112 Å². The number of rotatable bonds is 4. The van der Waals surface area contributed by atoms with E-state index in [0.29, 0.717) is 10.6 Å². The van der Waals surface area contributed by atoms with Gasteiger partial charge in [0.15, 0.2) is 0 Å². The van der Waals surface area contributed by atoms with Crippen molar-refractivity contribution in [1.82, 2.24) is 4.57 Å². The van der Waals surface area contributed by atoms with Gasteiger partial charge in [0.05, 0.1) is 17.1 Å². The number of halogens is 1. The van der Waals surface area contributed by atoms with Crippen LogP contribution in [0.1, 0.15) is 18.2 Å². The van der Waals surface area contributed by atoms with Crippen LogP contribution in [0.15, 0.2) is 36.5 Å². The average Bonchev–Trinajstić information content (AvgIpc) is 2.84. The minimum Gasteiger partial charge on any atom is -0.379 e. The van der Waals surface area contributed by atoms with Crippen molar-refractivity contribution >= 4 is 17.3 Å². The Morgan fingerprint density at radius 2 is 2.22 bits per heavy atom. The normalized spacial score (nSPS) is 10.1. The van der Waals surface area contributed by atoms with Crippen LogP contribution in [0.2, 0.25) is 5.02 Å². The average molecular weight is 260 g/mol. The fourth-order valence-electron chi connectivity index (χ4n) is 1.83. The summed E-state index contributed by atoms with van der Waals surface area (Å²) in [5, 5.41) is 12.6. The molecule has 0 amide bonds. The van der Waals surface area contributed by atoms with Crippen molar-refractivity contribution in [2.24, 2.45) is 0 Å². The van der Waals surface area contributed by atoms with Crippen LogP contribution in [0.5, 0.6) is 0 Å². The monoisotopic (exact) mass is 259 g/mol. The van der Waals surface area contributed by atoms with E-state index in [9.17, 15) is 0 Å². The second kappa shape index (κ2) is 5.61. The van der Waals surface area contributed by atoms with E-state index in [-0.39, 0.29) is 0 Å². The molecule has 0 aliphatic carbocycles. The third kappa shape index (κ3) is 2.66. The maximum absolute atomic E-state index is 8.80. The lowest BCUT2D eigenvalue weighted by Gasteiger charge is -2.09. The van der Waals surface area contributed by atoms with E-state index in [2.05, 4.69) is 29.1 Å². The number of anilines is 1. The smallest absolute Gasteiger partial charge is 0.101 e. The molecule has 2 aromatic rings. The summed E-state index contributed by atoms with van der Waals surface area (Å²) < 4.78 is 2.18. The van der Waals surface area contributed by atoms with Gasteiger partial charge in [0.1, 0.15) is 6.07 Å². The molecule has 18 heavy (non-hydrogen) atoms. The molecule has 0 spiro atoms. The molecule has 0 fully saturated rings. The Kier molecular flexibility index (Phi) is 3.91. The van der Waals surface area contributed by atoms with Gasteiger partial charge in [-0.3, -0.25) is 0 Å². The molecule has 0 radical (unpaired) electrons. The minimum atomic E-state index is 0.480. The van der Waals surface area contributed by atoms with Gasteiger partial charge >= 0.3 is 0 Å². The van der Waals surface area contributed by atoms with Crippen molar-refractivity contribution in [2.75, 3.05) is 5.32 Å². The fraction of sp³-hybridized carbons (Fsp3) is 0.214. The molecule has 1 heterocycles. The minimum absolute atomic E-state index is 0.480. The highest BCUT2D eigenvalue weighted by molar-refractivity contribution is 6.32. The molecule has 0 saturated heterocycles. The number of nitriles is 1.